The van der Waals surface area contributed by atoms with Gasteiger partial charge in [0.25, 0.3) is 5.91 Å². The fourth-order valence-electron chi connectivity index (χ4n) is 2.72. The molecule has 0 unspecified atom stereocenters. The summed E-state index contributed by atoms with van der Waals surface area (Å²) in [6.45, 7) is 3.50. The Kier molecular flexibility index (Phi) is 4.10. The number of hydrogen-bond acceptors (Lipinski definition) is 6. The molecule has 0 radical (unpaired) electrons. The normalized spacial score (nSPS) is 10.7. The molecule has 7 heteroatoms. The predicted molar refractivity (Wildman–Crippen MR) is 103 cm³/mol. The van der Waals surface area contributed by atoms with Crippen LogP contribution in [0.1, 0.15) is 4.79 Å². The lowest BCUT2D eigenvalue weighted by atomic mass is 10.1. The number of anilines is 1. The number of carbonyl (C=O) groups excluding carboxylic acids is 1. The standard InChI is InChI=1S/C20H15N5O2/c1-2-16(26)25-20-17(19(21)22-12-23-20)18(24-25)13-8-10-15(11-9-13)27-14-6-4-3-5-7-14/h2-12H,1H2,(H2,21,22,23). The van der Waals surface area contributed by atoms with Gasteiger partial charge < -0.3 is 10.5 Å². The van der Waals surface area contributed by atoms with E-state index < -0.39 is 5.91 Å². The van der Waals surface area contributed by atoms with Crippen LogP contribution in [-0.4, -0.2) is 25.7 Å². The van der Waals surface area contributed by atoms with Crippen molar-refractivity contribution in [3.8, 4) is 22.8 Å². The molecule has 2 N–H and O–H groups in total. The number of nitrogens with two attached hydrogens (primary N) is 1. The maximum Gasteiger partial charge on any atom is 0.272 e. The third-order valence-corrected chi connectivity index (χ3v) is 3.98. The lowest BCUT2D eigenvalue weighted by Crippen LogP contribution is -2.09. The molecule has 0 atom stereocenters. The van der Waals surface area contributed by atoms with Gasteiger partial charge in [-0.1, -0.05) is 24.8 Å². The minimum Gasteiger partial charge on any atom is -0.457 e. The summed E-state index contributed by atoms with van der Waals surface area (Å²) in [6.07, 6.45) is 2.47. The van der Waals surface area contributed by atoms with Gasteiger partial charge in [0, 0.05) is 5.56 Å². The first kappa shape index (κ1) is 16.5. The number of carbonyl (C=O) groups is 1. The van der Waals surface area contributed by atoms with Gasteiger partial charge in [-0.3, -0.25) is 4.79 Å². The Bertz CT molecular complexity index is 1130. The van der Waals surface area contributed by atoms with E-state index in [1.807, 2.05) is 54.6 Å². The molecule has 2 heterocycles. The highest BCUT2D eigenvalue weighted by molar-refractivity contribution is 6.04. The zero-order valence-electron chi connectivity index (χ0n) is 14.2. The molecule has 0 aliphatic heterocycles. The van der Waals surface area contributed by atoms with Crippen LogP contribution in [-0.2, 0) is 0 Å². The number of hydrogen-bond donors (Lipinski definition) is 1. The van der Waals surface area contributed by atoms with Crippen LogP contribution in [0.2, 0.25) is 0 Å². The molecule has 0 aliphatic rings. The number of rotatable bonds is 4. The summed E-state index contributed by atoms with van der Waals surface area (Å²) >= 11 is 0. The Balaban J connectivity index is 1.76. The van der Waals surface area contributed by atoms with Crippen LogP contribution >= 0.6 is 0 Å². The highest BCUT2D eigenvalue weighted by atomic mass is 16.5. The monoisotopic (exact) mass is 357 g/mol. The summed E-state index contributed by atoms with van der Waals surface area (Å²) in [5.41, 5.74) is 7.63. The zero-order valence-corrected chi connectivity index (χ0v) is 14.2. The average molecular weight is 357 g/mol. The summed E-state index contributed by atoms with van der Waals surface area (Å²) in [4.78, 5) is 20.3. The Morgan fingerprint density at radius 1 is 1.04 bits per heavy atom. The number of nitrogen functional groups attached to an aromatic ring is 1. The van der Waals surface area contributed by atoms with Crippen molar-refractivity contribution in [2.75, 3.05) is 5.73 Å². The molecule has 27 heavy (non-hydrogen) atoms. The van der Waals surface area contributed by atoms with E-state index in [9.17, 15) is 4.79 Å². The third kappa shape index (κ3) is 3.02. The van der Waals surface area contributed by atoms with Crippen LogP contribution in [0.4, 0.5) is 5.82 Å². The summed E-state index contributed by atoms with van der Waals surface area (Å²) in [5, 5.41) is 4.90. The first-order valence-electron chi connectivity index (χ1n) is 8.16. The number of aromatic nitrogens is 4. The first-order valence-corrected chi connectivity index (χ1v) is 8.16. The highest BCUT2D eigenvalue weighted by Gasteiger charge is 2.19. The number of para-hydroxylation sites is 1. The molecule has 132 valence electrons. The molecule has 2 aromatic heterocycles. The van der Waals surface area contributed by atoms with E-state index in [2.05, 4.69) is 21.6 Å². The van der Waals surface area contributed by atoms with Gasteiger partial charge in [-0.15, -0.1) is 0 Å². The highest BCUT2D eigenvalue weighted by Crippen LogP contribution is 2.31. The first-order chi connectivity index (χ1) is 13.2. The molecule has 4 aromatic rings. The van der Waals surface area contributed by atoms with E-state index in [0.29, 0.717) is 22.5 Å². The smallest absolute Gasteiger partial charge is 0.272 e. The lowest BCUT2D eigenvalue weighted by Gasteiger charge is -2.06. The van der Waals surface area contributed by atoms with Crippen molar-refractivity contribution in [1.82, 2.24) is 19.7 Å². The number of fused-ring (bicyclic) bond motifs is 1. The summed E-state index contributed by atoms with van der Waals surface area (Å²) in [7, 11) is 0. The Morgan fingerprint density at radius 2 is 1.74 bits per heavy atom. The van der Waals surface area contributed by atoms with Gasteiger partial charge in [0.05, 0.1) is 5.39 Å². The van der Waals surface area contributed by atoms with Crippen molar-refractivity contribution in [3.05, 3.63) is 73.6 Å². The lowest BCUT2D eigenvalue weighted by molar-refractivity contribution is 0.0959. The minimum atomic E-state index is -0.395. The zero-order chi connectivity index (χ0) is 18.8. The van der Waals surface area contributed by atoms with Crippen LogP contribution in [0.25, 0.3) is 22.3 Å². The van der Waals surface area contributed by atoms with E-state index in [4.69, 9.17) is 10.5 Å². The second kappa shape index (κ2) is 6.72. The minimum absolute atomic E-state index is 0.253. The van der Waals surface area contributed by atoms with Gasteiger partial charge in [-0.2, -0.15) is 9.78 Å². The van der Waals surface area contributed by atoms with E-state index in [-0.39, 0.29) is 5.82 Å². The summed E-state index contributed by atoms with van der Waals surface area (Å²) < 4.78 is 6.97. The van der Waals surface area contributed by atoms with Crippen molar-refractivity contribution in [2.24, 2.45) is 0 Å². The van der Waals surface area contributed by atoms with Crippen LogP contribution in [0.5, 0.6) is 11.5 Å². The number of nitrogens with zero attached hydrogens (tertiary/aromatic N) is 4. The fourth-order valence-corrected chi connectivity index (χ4v) is 2.72. The second-order valence-electron chi connectivity index (χ2n) is 5.70. The van der Waals surface area contributed by atoms with Crippen LogP contribution in [0, 0.1) is 0 Å². The molecule has 0 amide bonds. The third-order valence-electron chi connectivity index (χ3n) is 3.98. The van der Waals surface area contributed by atoms with E-state index in [1.165, 1.54) is 17.1 Å². The Morgan fingerprint density at radius 3 is 2.44 bits per heavy atom. The van der Waals surface area contributed by atoms with Gasteiger partial charge in [-0.05, 0) is 42.5 Å². The van der Waals surface area contributed by atoms with E-state index in [0.717, 1.165) is 11.3 Å². The maximum absolute atomic E-state index is 12.1. The molecule has 0 saturated carbocycles. The largest absolute Gasteiger partial charge is 0.457 e. The van der Waals surface area contributed by atoms with Crippen molar-refractivity contribution < 1.29 is 9.53 Å². The average Bonchev–Trinajstić information content (AvgIpc) is 3.10. The van der Waals surface area contributed by atoms with Crippen molar-refractivity contribution in [1.29, 1.82) is 0 Å². The van der Waals surface area contributed by atoms with Crippen LogP contribution < -0.4 is 10.5 Å². The maximum atomic E-state index is 12.1. The topological polar surface area (TPSA) is 95.9 Å². The Hall–Kier alpha value is -4.00. The molecule has 7 nitrogen and oxygen atoms in total. The quantitative estimate of drug-likeness (QED) is 0.560. The molecular formula is C20H15N5O2. The number of ether oxygens (including phenoxy) is 1. The fraction of sp³-hybridized carbons (Fsp3) is 0. The van der Waals surface area contributed by atoms with Crippen LogP contribution in [0.3, 0.4) is 0 Å². The molecule has 0 bridgehead atoms. The van der Waals surface area contributed by atoms with E-state index >= 15 is 0 Å². The van der Waals surface area contributed by atoms with Gasteiger partial charge in [0.2, 0.25) is 0 Å². The number of benzene rings is 2. The molecule has 0 fully saturated rings. The van der Waals surface area contributed by atoms with Gasteiger partial charge in [-0.25, -0.2) is 9.97 Å². The van der Waals surface area contributed by atoms with Gasteiger partial charge in [0.1, 0.15) is 29.3 Å². The SMILES string of the molecule is C=CC(=O)n1nc(-c2ccc(Oc3ccccc3)cc2)c2c(N)ncnc21. The molecule has 0 saturated heterocycles. The van der Waals surface area contributed by atoms with Crippen molar-refractivity contribution in [2.45, 2.75) is 0 Å². The molecule has 2 aromatic carbocycles. The van der Waals surface area contributed by atoms with Gasteiger partial charge >= 0.3 is 0 Å². The molecule has 0 spiro atoms. The van der Waals surface area contributed by atoms with Crippen molar-refractivity contribution in [3.63, 3.8) is 0 Å². The molecule has 4 rings (SSSR count). The van der Waals surface area contributed by atoms with Crippen molar-refractivity contribution >= 4 is 22.8 Å². The Labute approximate surface area is 154 Å². The van der Waals surface area contributed by atoms with Gasteiger partial charge in [0.15, 0.2) is 5.65 Å². The predicted octanol–water partition coefficient (Wildman–Crippen LogP) is 3.69. The van der Waals surface area contributed by atoms with Crippen LogP contribution in [0.15, 0.2) is 73.6 Å². The molecule has 0 aliphatic carbocycles. The summed E-state index contributed by atoms with van der Waals surface area (Å²) in [6, 6.07) is 16.8. The second-order valence-corrected chi connectivity index (χ2v) is 5.70. The summed E-state index contributed by atoms with van der Waals surface area (Å²) in [5.74, 6) is 1.28. The molecular weight excluding hydrogens is 342 g/mol. The number of allylic oxidation sites excluding steroid dienone is 1. The van der Waals surface area contributed by atoms with E-state index in [1.54, 1.807) is 0 Å².